The highest BCUT2D eigenvalue weighted by Crippen LogP contribution is 2.57. The molecule has 0 aromatic heterocycles. The van der Waals surface area contributed by atoms with E-state index in [2.05, 4.69) is 0 Å². The first-order valence-corrected chi connectivity index (χ1v) is 8.43. The fourth-order valence-electron chi connectivity index (χ4n) is 1.91. The number of carbonyl (C=O) groups excluding carboxylic acids is 2. The Kier molecular flexibility index (Phi) is 6.34. The fraction of sp³-hybridized carbons (Fsp3) is 0.833. The third-order valence-electron chi connectivity index (χ3n) is 2.60. The van der Waals surface area contributed by atoms with Gasteiger partial charge in [0.15, 0.2) is 5.85 Å². The maximum Gasteiger partial charge on any atom is 0.304 e. The number of hydrogen-bond acceptors (Lipinski definition) is 8. The summed E-state index contributed by atoms with van der Waals surface area (Å²) in [7, 11) is -3.53. The molecule has 0 aliphatic carbocycles. The summed E-state index contributed by atoms with van der Waals surface area (Å²) in [6.45, 7) is 5.42. The van der Waals surface area contributed by atoms with Crippen molar-refractivity contribution in [2.45, 2.75) is 52.0 Å². The van der Waals surface area contributed by atoms with E-state index in [4.69, 9.17) is 18.7 Å². The molecule has 0 saturated carbocycles. The summed E-state index contributed by atoms with van der Waals surface area (Å²) in [5, 5.41) is 10.2. The van der Waals surface area contributed by atoms with Gasteiger partial charge in [0.1, 0.15) is 12.7 Å². The van der Waals surface area contributed by atoms with Crippen LogP contribution < -0.4 is 0 Å². The monoisotopic (exact) mass is 324 g/mol. The van der Waals surface area contributed by atoms with E-state index in [-0.39, 0.29) is 12.8 Å². The first-order valence-electron chi connectivity index (χ1n) is 6.55. The number of carbonyl (C=O) groups is 2. The Balaban J connectivity index is 2.89. The van der Waals surface area contributed by atoms with Gasteiger partial charge in [-0.15, -0.1) is 0 Å². The van der Waals surface area contributed by atoms with Crippen molar-refractivity contribution in [3.63, 3.8) is 0 Å². The van der Waals surface area contributed by atoms with E-state index in [0.717, 1.165) is 0 Å². The van der Waals surface area contributed by atoms with Crippen molar-refractivity contribution in [3.8, 4) is 0 Å². The van der Waals surface area contributed by atoms with E-state index in [9.17, 15) is 19.3 Å². The van der Waals surface area contributed by atoms with Gasteiger partial charge in [-0.05, 0) is 13.8 Å². The number of rotatable bonds is 5. The van der Waals surface area contributed by atoms with Crippen LogP contribution in [0.4, 0.5) is 0 Å². The van der Waals surface area contributed by atoms with Crippen LogP contribution in [0.2, 0.25) is 0 Å². The lowest BCUT2D eigenvalue weighted by Gasteiger charge is -2.38. The number of aliphatic hydroxyl groups is 1. The summed E-state index contributed by atoms with van der Waals surface area (Å²) < 4.78 is 33.0. The second kappa shape index (κ2) is 7.35. The number of aliphatic hydroxyl groups excluding tert-OH is 1. The molecular weight excluding hydrogens is 303 g/mol. The fourth-order valence-corrected chi connectivity index (χ4v) is 4.29. The van der Waals surface area contributed by atoms with Crippen molar-refractivity contribution in [2.75, 3.05) is 12.8 Å². The van der Waals surface area contributed by atoms with Gasteiger partial charge in [-0.25, -0.2) is 0 Å². The lowest BCUT2D eigenvalue weighted by Crippen LogP contribution is -2.46. The molecule has 1 fully saturated rings. The third-order valence-corrected chi connectivity index (χ3v) is 5.33. The summed E-state index contributed by atoms with van der Waals surface area (Å²) >= 11 is 0. The van der Waals surface area contributed by atoms with E-state index < -0.39 is 43.7 Å². The van der Waals surface area contributed by atoms with Crippen LogP contribution in [0.3, 0.4) is 0 Å². The Morgan fingerprint density at radius 3 is 2.43 bits per heavy atom. The summed E-state index contributed by atoms with van der Waals surface area (Å²) in [5.41, 5.74) is 0. The lowest BCUT2D eigenvalue weighted by molar-refractivity contribution is -0.202. The standard InChI is InChI=1S/C12H21O8P/c1-7(2)20-21(16)6-11(18-9(4)14)19-10(12(21)15)5-17-8(3)13/h7,10-12,15H,5-6H2,1-4H3/t10-,11-,12+,21?/m1/s1. The zero-order chi connectivity index (χ0) is 16.2. The van der Waals surface area contributed by atoms with Crippen molar-refractivity contribution in [1.29, 1.82) is 0 Å². The Hall–Kier alpha value is -0.950. The second-order valence-electron chi connectivity index (χ2n) is 4.99. The Bertz CT molecular complexity index is 435. The normalized spacial score (nSPS) is 32.8. The van der Waals surface area contributed by atoms with Crippen LogP contribution in [0.25, 0.3) is 0 Å². The van der Waals surface area contributed by atoms with Gasteiger partial charge in [0, 0.05) is 13.8 Å². The molecule has 21 heavy (non-hydrogen) atoms. The molecule has 1 heterocycles. The minimum absolute atomic E-state index is 0.248. The van der Waals surface area contributed by atoms with Crippen molar-refractivity contribution in [3.05, 3.63) is 0 Å². The van der Waals surface area contributed by atoms with Gasteiger partial charge in [-0.2, -0.15) is 0 Å². The average Bonchev–Trinajstić information content (AvgIpc) is 2.29. The molecule has 1 N–H and O–H groups in total. The van der Waals surface area contributed by atoms with Crippen LogP contribution in [-0.4, -0.2) is 54.2 Å². The number of esters is 2. The van der Waals surface area contributed by atoms with Crippen molar-refractivity contribution < 1.29 is 38.0 Å². The van der Waals surface area contributed by atoms with E-state index in [0.29, 0.717) is 0 Å². The molecule has 1 saturated heterocycles. The van der Waals surface area contributed by atoms with E-state index in [1.807, 2.05) is 0 Å². The highest BCUT2D eigenvalue weighted by atomic mass is 31.2. The predicted molar refractivity (Wildman–Crippen MR) is 71.8 cm³/mol. The molecule has 0 aromatic carbocycles. The molecule has 122 valence electrons. The van der Waals surface area contributed by atoms with E-state index in [1.165, 1.54) is 13.8 Å². The minimum atomic E-state index is -3.53. The maximum absolute atomic E-state index is 12.7. The van der Waals surface area contributed by atoms with Crippen LogP contribution in [-0.2, 0) is 32.9 Å². The summed E-state index contributed by atoms with van der Waals surface area (Å²) in [6.07, 6.45) is -2.84. The van der Waals surface area contributed by atoms with Crippen LogP contribution in [0, 0.1) is 0 Å². The number of ether oxygens (including phenoxy) is 3. The van der Waals surface area contributed by atoms with Crippen LogP contribution in [0.5, 0.6) is 0 Å². The highest BCUT2D eigenvalue weighted by molar-refractivity contribution is 7.59. The highest BCUT2D eigenvalue weighted by Gasteiger charge is 2.49. The quantitative estimate of drug-likeness (QED) is 0.586. The van der Waals surface area contributed by atoms with Crippen LogP contribution in [0.15, 0.2) is 0 Å². The third kappa shape index (κ3) is 5.39. The molecule has 1 aliphatic heterocycles. The number of hydrogen-bond donors (Lipinski definition) is 1. The van der Waals surface area contributed by atoms with Crippen LogP contribution in [0.1, 0.15) is 27.7 Å². The molecule has 0 bridgehead atoms. The topological polar surface area (TPSA) is 108 Å². The molecule has 1 unspecified atom stereocenters. The van der Waals surface area contributed by atoms with Crippen molar-refractivity contribution in [1.82, 2.24) is 0 Å². The van der Waals surface area contributed by atoms with Crippen molar-refractivity contribution >= 4 is 19.3 Å². The lowest BCUT2D eigenvalue weighted by atomic mass is 10.4. The predicted octanol–water partition coefficient (Wildman–Crippen LogP) is 0.859. The molecule has 0 amide bonds. The Morgan fingerprint density at radius 2 is 1.95 bits per heavy atom. The Morgan fingerprint density at radius 1 is 1.33 bits per heavy atom. The summed E-state index contributed by atoms with van der Waals surface area (Å²) in [4.78, 5) is 21.9. The van der Waals surface area contributed by atoms with Gasteiger partial charge in [0.25, 0.3) is 0 Å². The van der Waals surface area contributed by atoms with Gasteiger partial charge in [-0.3, -0.25) is 14.2 Å². The van der Waals surface area contributed by atoms with Crippen molar-refractivity contribution in [2.24, 2.45) is 0 Å². The molecule has 0 aromatic rings. The molecule has 9 heteroatoms. The van der Waals surface area contributed by atoms with Gasteiger partial charge < -0.3 is 23.8 Å². The summed E-state index contributed by atoms with van der Waals surface area (Å²) in [6, 6.07) is 0. The molecule has 0 spiro atoms. The molecule has 1 rings (SSSR count). The largest absolute Gasteiger partial charge is 0.463 e. The Labute approximate surface area is 123 Å². The van der Waals surface area contributed by atoms with E-state index in [1.54, 1.807) is 13.8 Å². The molecule has 4 atom stereocenters. The zero-order valence-corrected chi connectivity index (χ0v) is 13.4. The first kappa shape index (κ1) is 18.1. The maximum atomic E-state index is 12.7. The first-order chi connectivity index (χ1) is 9.64. The van der Waals surface area contributed by atoms with Crippen LogP contribution >= 0.6 is 7.37 Å². The van der Waals surface area contributed by atoms with Gasteiger partial charge in [0.2, 0.25) is 13.7 Å². The minimum Gasteiger partial charge on any atom is -0.463 e. The molecule has 8 nitrogen and oxygen atoms in total. The van der Waals surface area contributed by atoms with Gasteiger partial charge in [0.05, 0.1) is 12.3 Å². The van der Waals surface area contributed by atoms with Gasteiger partial charge >= 0.3 is 11.9 Å². The second-order valence-corrected chi connectivity index (χ2v) is 7.55. The molecule has 0 radical (unpaired) electrons. The molecule has 1 aliphatic rings. The van der Waals surface area contributed by atoms with E-state index >= 15 is 0 Å². The van der Waals surface area contributed by atoms with Gasteiger partial charge in [-0.1, -0.05) is 0 Å². The molecular formula is C12H21O8P. The average molecular weight is 324 g/mol. The smallest absolute Gasteiger partial charge is 0.304 e. The SMILES string of the molecule is CC(=O)OC[C@H]1O[C@@H](OC(C)=O)CP(=O)(OC(C)C)[C@@H]1O. The zero-order valence-electron chi connectivity index (χ0n) is 12.5. The summed E-state index contributed by atoms with van der Waals surface area (Å²) in [5.74, 6) is -2.63.